The molecule has 0 bridgehead atoms. The first-order chi connectivity index (χ1) is 16.3. The van der Waals surface area contributed by atoms with Crippen molar-refractivity contribution in [3.63, 3.8) is 0 Å². The van der Waals surface area contributed by atoms with Crippen molar-refractivity contribution in [3.05, 3.63) is 93.9 Å². The van der Waals surface area contributed by atoms with Gasteiger partial charge in [-0.3, -0.25) is 4.79 Å². The Morgan fingerprint density at radius 2 is 1.82 bits per heavy atom. The Hall–Kier alpha value is -3.72. The highest BCUT2D eigenvalue weighted by Gasteiger charge is 2.26. The zero-order chi connectivity index (χ0) is 24.2. The number of furan rings is 1. The number of hydrogen-bond acceptors (Lipinski definition) is 6. The lowest BCUT2D eigenvalue weighted by molar-refractivity contribution is -0.0498. The second-order valence-electron chi connectivity index (χ2n) is 7.65. The largest absolute Gasteiger partial charge is 0.459 e. The summed E-state index contributed by atoms with van der Waals surface area (Å²) in [6, 6.07) is 14.9. The van der Waals surface area contributed by atoms with Gasteiger partial charge in [-0.15, -0.1) is 11.3 Å². The average Bonchev–Trinajstić information content (AvgIpc) is 3.42. The second-order valence-corrected chi connectivity index (χ2v) is 8.87. The van der Waals surface area contributed by atoms with Gasteiger partial charge in [0.25, 0.3) is 5.91 Å². The minimum absolute atomic E-state index is 0.0655. The number of aromatic nitrogens is 1. The molecule has 0 aliphatic carbocycles. The summed E-state index contributed by atoms with van der Waals surface area (Å²) in [5.74, 6) is 0.550. The summed E-state index contributed by atoms with van der Waals surface area (Å²) in [7, 11) is 0. The second kappa shape index (κ2) is 10.0. The molecule has 0 radical (unpaired) electrons. The number of carbonyl (C=O) groups is 1. The molecule has 3 heterocycles. The van der Waals surface area contributed by atoms with E-state index in [0.717, 1.165) is 27.3 Å². The van der Waals surface area contributed by atoms with E-state index in [1.165, 1.54) is 29.7 Å². The Bertz CT molecular complexity index is 1270. The van der Waals surface area contributed by atoms with Gasteiger partial charge in [0, 0.05) is 16.1 Å². The maximum Gasteiger partial charge on any atom is 0.387 e. The van der Waals surface area contributed by atoms with E-state index in [9.17, 15) is 13.6 Å². The molecule has 176 valence electrons. The zero-order valence-electron chi connectivity index (χ0n) is 18.8. The van der Waals surface area contributed by atoms with Crippen molar-refractivity contribution in [2.75, 3.05) is 10.6 Å². The summed E-state index contributed by atoms with van der Waals surface area (Å²) >= 11 is 1.46. The van der Waals surface area contributed by atoms with E-state index in [-0.39, 0.29) is 17.4 Å². The highest BCUT2D eigenvalue weighted by atomic mass is 32.1. The topological polar surface area (TPSA) is 76.4 Å². The normalized spacial score (nSPS) is 11.9. The molecular weight excluding hydrogens is 460 g/mol. The summed E-state index contributed by atoms with van der Waals surface area (Å²) in [6.07, 6.45) is 1.44. The molecule has 1 unspecified atom stereocenters. The number of nitrogens with one attached hydrogen (secondary N) is 2. The van der Waals surface area contributed by atoms with E-state index in [1.807, 2.05) is 39.0 Å². The lowest BCUT2D eigenvalue weighted by Gasteiger charge is -2.23. The number of benzene rings is 1. The number of carbonyl (C=O) groups excluding carboxylic acids is 1. The van der Waals surface area contributed by atoms with Crippen molar-refractivity contribution in [2.45, 2.75) is 33.4 Å². The first-order valence-electron chi connectivity index (χ1n) is 10.5. The van der Waals surface area contributed by atoms with E-state index in [1.54, 1.807) is 24.3 Å². The van der Waals surface area contributed by atoms with Gasteiger partial charge in [0.05, 0.1) is 12.3 Å². The summed E-state index contributed by atoms with van der Waals surface area (Å²) < 4.78 is 35.0. The quantitative estimate of drug-likeness (QED) is 0.291. The van der Waals surface area contributed by atoms with E-state index >= 15 is 0 Å². The first kappa shape index (κ1) is 23.4. The van der Waals surface area contributed by atoms with Crippen LogP contribution in [0.2, 0.25) is 0 Å². The van der Waals surface area contributed by atoms with Gasteiger partial charge in [0.1, 0.15) is 16.6 Å². The van der Waals surface area contributed by atoms with Gasteiger partial charge in [-0.1, -0.05) is 18.2 Å². The third-order valence-corrected chi connectivity index (χ3v) is 6.45. The molecule has 2 N–H and O–H groups in total. The fourth-order valence-electron chi connectivity index (χ4n) is 3.59. The molecule has 1 aromatic carbocycles. The summed E-state index contributed by atoms with van der Waals surface area (Å²) in [5, 5.41) is 7.07. The van der Waals surface area contributed by atoms with E-state index < -0.39 is 12.7 Å². The molecule has 6 nitrogen and oxygen atoms in total. The van der Waals surface area contributed by atoms with Crippen LogP contribution in [0.3, 0.4) is 0 Å². The van der Waals surface area contributed by atoms with Crippen molar-refractivity contribution < 1.29 is 22.7 Å². The van der Waals surface area contributed by atoms with Gasteiger partial charge in [0.2, 0.25) is 0 Å². The van der Waals surface area contributed by atoms with Crippen molar-refractivity contribution in [1.29, 1.82) is 0 Å². The number of anilines is 2. The SMILES string of the molecule is Cc1cccc(NC(c2ccc(OC(F)F)cc2)c2c(NC(=O)c3ccco3)sc(C)c2C)n1. The maximum absolute atomic E-state index is 12.7. The van der Waals surface area contributed by atoms with Crippen LogP contribution in [0.15, 0.2) is 65.3 Å². The van der Waals surface area contributed by atoms with Crippen LogP contribution < -0.4 is 15.4 Å². The van der Waals surface area contributed by atoms with Crippen LogP contribution >= 0.6 is 11.3 Å². The number of amides is 1. The summed E-state index contributed by atoms with van der Waals surface area (Å²) in [6.45, 7) is 2.96. The van der Waals surface area contributed by atoms with Crippen molar-refractivity contribution >= 4 is 28.1 Å². The molecule has 0 spiro atoms. The molecule has 9 heteroatoms. The lowest BCUT2D eigenvalue weighted by atomic mass is 9.96. The minimum atomic E-state index is -2.90. The number of nitrogens with zero attached hydrogens (tertiary/aromatic N) is 1. The molecule has 34 heavy (non-hydrogen) atoms. The number of halogens is 2. The van der Waals surface area contributed by atoms with E-state index in [0.29, 0.717) is 10.8 Å². The highest BCUT2D eigenvalue weighted by Crippen LogP contribution is 2.41. The van der Waals surface area contributed by atoms with E-state index in [4.69, 9.17) is 4.42 Å². The van der Waals surface area contributed by atoms with Gasteiger partial charge in [-0.25, -0.2) is 4.98 Å². The number of rotatable bonds is 8. The predicted molar refractivity (Wildman–Crippen MR) is 128 cm³/mol. The molecule has 1 atom stereocenters. The fraction of sp³-hybridized carbons (Fsp3) is 0.200. The van der Waals surface area contributed by atoms with Gasteiger partial charge >= 0.3 is 6.61 Å². The molecule has 0 fully saturated rings. The van der Waals surface area contributed by atoms with Crippen LogP contribution in [0, 0.1) is 20.8 Å². The van der Waals surface area contributed by atoms with Gasteiger partial charge < -0.3 is 19.8 Å². The standard InChI is InChI=1S/C25H23F2N3O3S/c1-14-6-4-8-20(28-14)29-22(17-9-11-18(12-10-17)33-25(26)27)21-15(2)16(3)34-24(21)30-23(31)19-7-5-13-32-19/h4-13,22,25H,1-3H3,(H,28,29)(H,30,31). The van der Waals surface area contributed by atoms with Crippen molar-refractivity contribution in [3.8, 4) is 5.75 Å². The Balaban J connectivity index is 1.76. The van der Waals surface area contributed by atoms with Crippen molar-refractivity contribution in [2.24, 2.45) is 0 Å². The monoisotopic (exact) mass is 483 g/mol. The van der Waals surface area contributed by atoms with E-state index in [2.05, 4.69) is 20.4 Å². The Morgan fingerprint density at radius 3 is 2.47 bits per heavy atom. The molecule has 0 aliphatic heterocycles. The summed E-state index contributed by atoms with van der Waals surface area (Å²) in [4.78, 5) is 18.3. The molecule has 0 aliphatic rings. The number of thiophene rings is 1. The van der Waals surface area contributed by atoms with Crippen LogP contribution in [0.1, 0.15) is 43.9 Å². The zero-order valence-corrected chi connectivity index (χ0v) is 19.6. The Kier molecular flexibility index (Phi) is 6.93. The van der Waals surface area contributed by atoms with Gasteiger partial charge in [0.15, 0.2) is 5.76 Å². The number of pyridine rings is 1. The van der Waals surface area contributed by atoms with Crippen LogP contribution in [0.4, 0.5) is 19.6 Å². The molecular formula is C25H23F2N3O3S. The molecule has 1 amide bonds. The average molecular weight is 484 g/mol. The van der Waals surface area contributed by atoms with Crippen LogP contribution in [0.5, 0.6) is 5.75 Å². The first-order valence-corrected chi connectivity index (χ1v) is 11.3. The minimum Gasteiger partial charge on any atom is -0.459 e. The fourth-order valence-corrected chi connectivity index (χ4v) is 4.69. The van der Waals surface area contributed by atoms with Crippen LogP contribution in [-0.4, -0.2) is 17.5 Å². The molecule has 3 aromatic heterocycles. The number of hydrogen-bond donors (Lipinski definition) is 2. The van der Waals surface area contributed by atoms with Crippen LogP contribution in [-0.2, 0) is 0 Å². The molecule has 0 saturated carbocycles. The predicted octanol–water partition coefficient (Wildman–Crippen LogP) is 6.72. The van der Waals surface area contributed by atoms with Gasteiger partial charge in [-0.2, -0.15) is 8.78 Å². The maximum atomic E-state index is 12.7. The van der Waals surface area contributed by atoms with Crippen LogP contribution in [0.25, 0.3) is 0 Å². The molecule has 4 rings (SSSR count). The van der Waals surface area contributed by atoms with Gasteiger partial charge in [-0.05, 0) is 68.3 Å². The Morgan fingerprint density at radius 1 is 1.06 bits per heavy atom. The summed E-state index contributed by atoms with van der Waals surface area (Å²) in [5.41, 5.74) is 3.49. The third-order valence-electron chi connectivity index (χ3n) is 5.31. The third kappa shape index (κ3) is 5.26. The molecule has 0 saturated heterocycles. The smallest absolute Gasteiger partial charge is 0.387 e. The molecule has 4 aromatic rings. The highest BCUT2D eigenvalue weighted by molar-refractivity contribution is 7.16. The lowest BCUT2D eigenvalue weighted by Crippen LogP contribution is -2.18. The number of ether oxygens (including phenoxy) is 1. The number of aryl methyl sites for hydroxylation is 2. The van der Waals surface area contributed by atoms with Crippen molar-refractivity contribution in [1.82, 2.24) is 4.98 Å². The number of alkyl halides is 2. The Labute approximate surface area is 199 Å².